The first-order valence-electron chi connectivity index (χ1n) is 7.58. The highest BCUT2D eigenvalue weighted by Gasteiger charge is 2.44. The predicted octanol–water partition coefficient (Wildman–Crippen LogP) is 3.43. The number of anilines is 1. The Bertz CT molecular complexity index is 733. The summed E-state index contributed by atoms with van der Waals surface area (Å²) in [5.74, 6) is -2.04. The molecule has 2 aromatic carbocycles. The number of hydrogen-bond donors (Lipinski definition) is 2. The van der Waals surface area contributed by atoms with Crippen LogP contribution < -0.4 is 10.6 Å². The van der Waals surface area contributed by atoms with Crippen molar-refractivity contribution < 1.29 is 13.6 Å². The zero-order valence-electron chi connectivity index (χ0n) is 12.8. The van der Waals surface area contributed by atoms with Gasteiger partial charge in [0, 0.05) is 18.2 Å². The summed E-state index contributed by atoms with van der Waals surface area (Å²) in [6, 6.07) is 11.5. The minimum absolute atomic E-state index is 0.0365. The standard InChI is InChI=1S/C18H18F2N2O/c1-21-10-11-3-2-4-13(7-11)22-18(23)15-9-14(15)12-5-6-16(19)17(20)8-12/h2-8,14-15,21H,9-10H2,1H3,(H,22,23)/t14-,15+/m1/s1. The predicted molar refractivity (Wildman–Crippen MR) is 85.0 cm³/mol. The zero-order valence-corrected chi connectivity index (χ0v) is 12.8. The first-order chi connectivity index (χ1) is 11.1. The molecule has 1 fully saturated rings. The number of rotatable bonds is 5. The van der Waals surface area contributed by atoms with Gasteiger partial charge in [-0.15, -0.1) is 0 Å². The van der Waals surface area contributed by atoms with Crippen molar-refractivity contribution in [3.05, 3.63) is 65.2 Å². The number of carbonyl (C=O) groups is 1. The quantitative estimate of drug-likeness (QED) is 0.887. The summed E-state index contributed by atoms with van der Waals surface area (Å²) in [6.07, 6.45) is 0.660. The lowest BCUT2D eigenvalue weighted by Gasteiger charge is -2.07. The number of amides is 1. The second kappa shape index (κ2) is 6.46. The molecule has 120 valence electrons. The van der Waals surface area contributed by atoms with Gasteiger partial charge in [0.05, 0.1) is 0 Å². The van der Waals surface area contributed by atoms with E-state index in [1.807, 2.05) is 31.3 Å². The summed E-state index contributed by atoms with van der Waals surface area (Å²) in [7, 11) is 1.86. The summed E-state index contributed by atoms with van der Waals surface area (Å²) >= 11 is 0. The Morgan fingerprint density at radius 2 is 2.00 bits per heavy atom. The van der Waals surface area contributed by atoms with Crippen molar-refractivity contribution >= 4 is 11.6 Å². The molecular formula is C18H18F2N2O. The van der Waals surface area contributed by atoms with Crippen LogP contribution in [0.15, 0.2) is 42.5 Å². The summed E-state index contributed by atoms with van der Waals surface area (Å²) in [4.78, 5) is 12.3. The van der Waals surface area contributed by atoms with Crippen LogP contribution in [0.1, 0.15) is 23.5 Å². The van der Waals surface area contributed by atoms with E-state index in [4.69, 9.17) is 0 Å². The zero-order chi connectivity index (χ0) is 16.4. The molecule has 2 atom stereocenters. The Morgan fingerprint density at radius 1 is 1.17 bits per heavy atom. The molecule has 3 nitrogen and oxygen atoms in total. The first-order valence-corrected chi connectivity index (χ1v) is 7.58. The maximum Gasteiger partial charge on any atom is 0.228 e. The monoisotopic (exact) mass is 316 g/mol. The van der Waals surface area contributed by atoms with E-state index >= 15 is 0 Å². The lowest BCUT2D eigenvalue weighted by Crippen LogP contribution is -2.15. The van der Waals surface area contributed by atoms with Crippen molar-refractivity contribution in [3.8, 4) is 0 Å². The normalized spacial score (nSPS) is 19.4. The van der Waals surface area contributed by atoms with Crippen molar-refractivity contribution in [2.45, 2.75) is 18.9 Å². The smallest absolute Gasteiger partial charge is 0.228 e. The molecule has 5 heteroatoms. The fraction of sp³-hybridized carbons (Fsp3) is 0.278. The number of halogens is 2. The third kappa shape index (κ3) is 3.56. The molecule has 0 spiro atoms. The molecule has 3 rings (SSSR count). The van der Waals surface area contributed by atoms with Crippen molar-refractivity contribution in [2.75, 3.05) is 12.4 Å². The third-order valence-corrected chi connectivity index (χ3v) is 4.07. The highest BCUT2D eigenvalue weighted by atomic mass is 19.2. The molecule has 2 aromatic rings. The molecule has 0 saturated heterocycles. The van der Waals surface area contributed by atoms with Crippen LogP contribution in [0.25, 0.3) is 0 Å². The lowest BCUT2D eigenvalue weighted by molar-refractivity contribution is -0.117. The maximum absolute atomic E-state index is 13.3. The molecule has 0 heterocycles. The van der Waals surface area contributed by atoms with Crippen LogP contribution in [-0.4, -0.2) is 13.0 Å². The molecule has 1 saturated carbocycles. The van der Waals surface area contributed by atoms with Crippen LogP contribution in [0.3, 0.4) is 0 Å². The third-order valence-electron chi connectivity index (χ3n) is 4.07. The molecule has 0 bridgehead atoms. The molecule has 0 aliphatic heterocycles. The minimum atomic E-state index is -0.867. The Kier molecular flexibility index (Phi) is 4.39. The Balaban J connectivity index is 1.64. The fourth-order valence-electron chi connectivity index (χ4n) is 2.79. The molecule has 2 N–H and O–H groups in total. The summed E-state index contributed by atoms with van der Waals surface area (Å²) in [5.41, 5.74) is 2.50. The second-order valence-electron chi connectivity index (χ2n) is 5.84. The average Bonchev–Trinajstić information content (AvgIpc) is 3.31. The average molecular weight is 316 g/mol. The molecule has 0 radical (unpaired) electrons. The van der Waals surface area contributed by atoms with Gasteiger partial charge in [-0.05, 0) is 54.8 Å². The van der Waals surface area contributed by atoms with Gasteiger partial charge in [-0.2, -0.15) is 0 Å². The molecule has 1 aliphatic rings. The van der Waals surface area contributed by atoms with E-state index in [1.54, 1.807) is 6.07 Å². The Morgan fingerprint density at radius 3 is 2.74 bits per heavy atom. The van der Waals surface area contributed by atoms with Crippen molar-refractivity contribution in [3.63, 3.8) is 0 Å². The molecular weight excluding hydrogens is 298 g/mol. The number of nitrogens with one attached hydrogen (secondary N) is 2. The van der Waals surface area contributed by atoms with Crippen LogP contribution in [0, 0.1) is 17.6 Å². The number of carbonyl (C=O) groups excluding carboxylic acids is 1. The Hall–Kier alpha value is -2.27. The second-order valence-corrected chi connectivity index (χ2v) is 5.84. The molecule has 23 heavy (non-hydrogen) atoms. The van der Waals surface area contributed by atoms with Gasteiger partial charge >= 0.3 is 0 Å². The van der Waals surface area contributed by atoms with Gasteiger partial charge in [-0.1, -0.05) is 18.2 Å². The van der Waals surface area contributed by atoms with E-state index in [1.165, 1.54) is 6.07 Å². The van der Waals surface area contributed by atoms with Gasteiger partial charge < -0.3 is 10.6 Å². The van der Waals surface area contributed by atoms with Crippen molar-refractivity contribution in [2.24, 2.45) is 5.92 Å². The van der Waals surface area contributed by atoms with E-state index in [-0.39, 0.29) is 17.7 Å². The van der Waals surface area contributed by atoms with Crippen molar-refractivity contribution in [1.82, 2.24) is 5.32 Å². The van der Waals surface area contributed by atoms with E-state index in [9.17, 15) is 13.6 Å². The summed E-state index contributed by atoms with van der Waals surface area (Å²) < 4.78 is 26.2. The van der Waals surface area contributed by atoms with Crippen LogP contribution in [-0.2, 0) is 11.3 Å². The van der Waals surface area contributed by atoms with Crippen molar-refractivity contribution in [1.29, 1.82) is 0 Å². The van der Waals surface area contributed by atoms with Crippen LogP contribution in [0.2, 0.25) is 0 Å². The van der Waals surface area contributed by atoms with Crippen LogP contribution in [0.5, 0.6) is 0 Å². The highest BCUT2D eigenvalue weighted by molar-refractivity contribution is 5.95. The van der Waals surface area contributed by atoms with Gasteiger partial charge in [-0.25, -0.2) is 8.78 Å². The van der Waals surface area contributed by atoms with E-state index < -0.39 is 11.6 Å². The van der Waals surface area contributed by atoms with E-state index in [2.05, 4.69) is 10.6 Å². The van der Waals surface area contributed by atoms with E-state index in [0.29, 0.717) is 12.0 Å². The summed E-state index contributed by atoms with van der Waals surface area (Å²) in [5, 5.41) is 5.95. The molecule has 0 aromatic heterocycles. The minimum Gasteiger partial charge on any atom is -0.326 e. The van der Waals surface area contributed by atoms with Gasteiger partial charge in [0.1, 0.15) is 0 Å². The number of benzene rings is 2. The fourth-order valence-corrected chi connectivity index (χ4v) is 2.79. The van der Waals surface area contributed by atoms with Gasteiger partial charge in [-0.3, -0.25) is 4.79 Å². The lowest BCUT2D eigenvalue weighted by atomic mass is 10.1. The van der Waals surface area contributed by atoms with Gasteiger partial charge in [0.2, 0.25) is 5.91 Å². The topological polar surface area (TPSA) is 41.1 Å². The van der Waals surface area contributed by atoms with Crippen LogP contribution >= 0.6 is 0 Å². The highest BCUT2D eigenvalue weighted by Crippen LogP contribution is 2.48. The van der Waals surface area contributed by atoms with Gasteiger partial charge in [0.15, 0.2) is 11.6 Å². The Labute approximate surface area is 133 Å². The maximum atomic E-state index is 13.3. The summed E-state index contributed by atoms with van der Waals surface area (Å²) in [6.45, 7) is 0.727. The van der Waals surface area contributed by atoms with Crippen LogP contribution in [0.4, 0.5) is 14.5 Å². The number of hydrogen-bond acceptors (Lipinski definition) is 2. The van der Waals surface area contributed by atoms with E-state index in [0.717, 1.165) is 23.9 Å². The SMILES string of the molecule is CNCc1cccc(NC(=O)[C@H]2C[C@@H]2c2ccc(F)c(F)c2)c1. The molecule has 1 amide bonds. The first kappa shape index (κ1) is 15.6. The largest absolute Gasteiger partial charge is 0.326 e. The molecule has 0 unspecified atom stereocenters. The molecule has 1 aliphatic carbocycles. The van der Waals surface area contributed by atoms with Gasteiger partial charge in [0.25, 0.3) is 0 Å².